The lowest BCUT2D eigenvalue weighted by atomic mass is 9.76. The molecule has 7 heteroatoms. The number of carboxylic acid groups (broad SMARTS) is 1. The van der Waals surface area contributed by atoms with E-state index < -0.39 is 17.8 Å². The minimum Gasteiger partial charge on any atom is -0.481 e. The molecule has 1 heterocycles. The topological polar surface area (TPSA) is 84.2 Å². The third kappa shape index (κ3) is 4.13. The molecule has 1 aliphatic rings. The van der Waals surface area contributed by atoms with Crippen LogP contribution in [0, 0.1) is 11.8 Å². The van der Waals surface area contributed by atoms with Crippen LogP contribution in [0.5, 0.6) is 0 Å². The minimum absolute atomic E-state index is 0.258. The summed E-state index contributed by atoms with van der Waals surface area (Å²) in [6, 6.07) is 7.40. The van der Waals surface area contributed by atoms with Gasteiger partial charge in [-0.3, -0.25) is 14.3 Å². The third-order valence-corrected chi connectivity index (χ3v) is 5.69. The molecule has 0 aliphatic heterocycles. The number of aromatic nitrogens is 2. The Hall–Kier alpha value is -2.41. The minimum atomic E-state index is -0.923. The molecule has 6 nitrogen and oxygen atoms in total. The SMILES string of the molecule is CC1=C(C)CC(C(=O)Nc2cccc(-c3nn(C)cc3Br)c2)C(C(=O)O)C1. The number of anilines is 1. The van der Waals surface area contributed by atoms with Crippen LogP contribution in [0.25, 0.3) is 11.3 Å². The fourth-order valence-corrected chi connectivity index (χ4v) is 4.07. The van der Waals surface area contributed by atoms with E-state index in [4.69, 9.17) is 0 Å². The highest BCUT2D eigenvalue weighted by atomic mass is 79.9. The molecule has 0 saturated carbocycles. The van der Waals surface area contributed by atoms with Gasteiger partial charge in [0.25, 0.3) is 0 Å². The molecule has 0 bridgehead atoms. The smallest absolute Gasteiger partial charge is 0.307 e. The zero-order valence-electron chi connectivity index (χ0n) is 15.5. The Morgan fingerprint density at radius 3 is 2.48 bits per heavy atom. The number of amides is 1. The molecule has 27 heavy (non-hydrogen) atoms. The fraction of sp³-hybridized carbons (Fsp3) is 0.350. The highest BCUT2D eigenvalue weighted by Crippen LogP contribution is 2.35. The zero-order valence-corrected chi connectivity index (χ0v) is 17.1. The predicted molar refractivity (Wildman–Crippen MR) is 107 cm³/mol. The number of hydrogen-bond donors (Lipinski definition) is 2. The second kappa shape index (κ2) is 7.68. The normalized spacial score (nSPS) is 19.9. The van der Waals surface area contributed by atoms with E-state index in [2.05, 4.69) is 26.3 Å². The van der Waals surface area contributed by atoms with Crippen LogP contribution in [0.3, 0.4) is 0 Å². The van der Waals surface area contributed by atoms with Gasteiger partial charge in [0.15, 0.2) is 0 Å². The summed E-state index contributed by atoms with van der Waals surface area (Å²) < 4.78 is 2.57. The van der Waals surface area contributed by atoms with Crippen molar-refractivity contribution in [3.05, 3.63) is 46.1 Å². The second-order valence-corrected chi connectivity index (χ2v) is 7.94. The van der Waals surface area contributed by atoms with E-state index in [0.29, 0.717) is 18.5 Å². The second-order valence-electron chi connectivity index (χ2n) is 7.09. The Balaban J connectivity index is 1.83. The van der Waals surface area contributed by atoms with Crippen molar-refractivity contribution in [3.63, 3.8) is 0 Å². The van der Waals surface area contributed by atoms with Crippen LogP contribution < -0.4 is 5.32 Å². The van der Waals surface area contributed by atoms with Gasteiger partial charge in [0.1, 0.15) is 5.69 Å². The Labute approximate surface area is 166 Å². The summed E-state index contributed by atoms with van der Waals surface area (Å²) in [4.78, 5) is 24.5. The average Bonchev–Trinajstić information content (AvgIpc) is 2.95. The van der Waals surface area contributed by atoms with E-state index in [1.54, 1.807) is 10.7 Å². The molecule has 142 valence electrons. The summed E-state index contributed by atoms with van der Waals surface area (Å²) in [5, 5.41) is 16.8. The van der Waals surface area contributed by atoms with E-state index in [0.717, 1.165) is 26.9 Å². The van der Waals surface area contributed by atoms with Crippen LogP contribution in [0.15, 0.2) is 46.1 Å². The number of benzene rings is 1. The van der Waals surface area contributed by atoms with Crippen molar-refractivity contribution in [1.29, 1.82) is 0 Å². The van der Waals surface area contributed by atoms with Crippen molar-refractivity contribution in [1.82, 2.24) is 9.78 Å². The molecule has 1 amide bonds. The van der Waals surface area contributed by atoms with Gasteiger partial charge in [-0.15, -0.1) is 0 Å². The number of nitrogens with zero attached hydrogens (tertiary/aromatic N) is 2. The van der Waals surface area contributed by atoms with Crippen LogP contribution in [0.2, 0.25) is 0 Å². The predicted octanol–water partition coefficient (Wildman–Crippen LogP) is 4.24. The summed E-state index contributed by atoms with van der Waals surface area (Å²) in [5.41, 5.74) is 4.44. The molecule has 1 aliphatic carbocycles. The van der Waals surface area contributed by atoms with Gasteiger partial charge in [-0.25, -0.2) is 0 Å². The monoisotopic (exact) mass is 431 g/mol. The quantitative estimate of drug-likeness (QED) is 0.709. The molecular formula is C20H22BrN3O3. The first-order valence-corrected chi connectivity index (χ1v) is 9.54. The molecule has 2 unspecified atom stereocenters. The maximum absolute atomic E-state index is 12.8. The van der Waals surface area contributed by atoms with Gasteiger partial charge in [0.2, 0.25) is 5.91 Å². The number of carbonyl (C=O) groups excluding carboxylic acids is 1. The number of aliphatic carboxylic acids is 1. The number of carbonyl (C=O) groups is 2. The van der Waals surface area contributed by atoms with Gasteiger partial charge < -0.3 is 10.4 Å². The summed E-state index contributed by atoms with van der Waals surface area (Å²) in [6.07, 6.45) is 2.75. The van der Waals surface area contributed by atoms with Gasteiger partial charge >= 0.3 is 5.97 Å². The average molecular weight is 432 g/mol. The summed E-state index contributed by atoms with van der Waals surface area (Å²) >= 11 is 3.49. The molecule has 0 fully saturated rings. The number of nitrogens with one attached hydrogen (secondary N) is 1. The molecule has 3 rings (SSSR count). The third-order valence-electron chi connectivity index (χ3n) is 5.11. The highest BCUT2D eigenvalue weighted by molar-refractivity contribution is 9.10. The van der Waals surface area contributed by atoms with Crippen molar-refractivity contribution < 1.29 is 14.7 Å². The first-order valence-electron chi connectivity index (χ1n) is 8.74. The Morgan fingerprint density at radius 2 is 1.89 bits per heavy atom. The molecule has 1 aromatic carbocycles. The van der Waals surface area contributed by atoms with Gasteiger partial charge in [-0.1, -0.05) is 23.3 Å². The van der Waals surface area contributed by atoms with Crippen LogP contribution in [-0.4, -0.2) is 26.8 Å². The number of rotatable bonds is 4. The number of allylic oxidation sites excluding steroid dienone is 2. The Bertz CT molecular complexity index is 932. The van der Waals surface area contributed by atoms with Crippen molar-refractivity contribution >= 4 is 33.5 Å². The number of hydrogen-bond acceptors (Lipinski definition) is 3. The lowest BCUT2D eigenvalue weighted by molar-refractivity contribution is -0.146. The van der Waals surface area contributed by atoms with E-state index >= 15 is 0 Å². The van der Waals surface area contributed by atoms with Crippen molar-refractivity contribution in [2.75, 3.05) is 5.32 Å². The van der Waals surface area contributed by atoms with Crippen molar-refractivity contribution in [2.24, 2.45) is 18.9 Å². The molecule has 2 atom stereocenters. The Kier molecular flexibility index (Phi) is 5.51. The standard InChI is InChI=1S/C20H22BrN3O3/c1-11-7-15(16(20(26)27)8-12(11)2)19(25)22-14-6-4-5-13(9-14)18-17(21)10-24(3)23-18/h4-6,9-10,15-16H,7-8H2,1-3H3,(H,22,25)(H,26,27). The molecule has 0 spiro atoms. The van der Waals surface area contributed by atoms with Gasteiger partial charge in [0, 0.05) is 24.5 Å². The van der Waals surface area contributed by atoms with E-state index in [-0.39, 0.29) is 5.91 Å². The lowest BCUT2D eigenvalue weighted by Gasteiger charge is -2.29. The summed E-state index contributed by atoms with van der Waals surface area (Å²) in [7, 11) is 1.84. The Morgan fingerprint density at radius 1 is 1.22 bits per heavy atom. The molecule has 2 aromatic rings. The summed E-state index contributed by atoms with van der Waals surface area (Å²) in [6.45, 7) is 3.90. The molecular weight excluding hydrogens is 410 g/mol. The first kappa shape index (κ1) is 19.4. The van der Waals surface area contributed by atoms with Gasteiger partial charge in [-0.2, -0.15) is 5.10 Å². The first-order chi connectivity index (χ1) is 12.8. The number of aryl methyl sites for hydroxylation is 1. The van der Waals surface area contributed by atoms with Crippen LogP contribution in [-0.2, 0) is 16.6 Å². The number of carboxylic acids is 1. The summed E-state index contributed by atoms with van der Waals surface area (Å²) in [5.74, 6) is -2.45. The molecule has 1 aromatic heterocycles. The molecule has 0 radical (unpaired) electrons. The lowest BCUT2D eigenvalue weighted by Crippen LogP contribution is -2.36. The van der Waals surface area contributed by atoms with E-state index in [1.807, 2.05) is 45.3 Å². The fourth-order valence-electron chi connectivity index (χ4n) is 3.46. The van der Waals surface area contributed by atoms with E-state index in [1.165, 1.54) is 0 Å². The zero-order chi connectivity index (χ0) is 19.7. The molecule has 2 N–H and O–H groups in total. The van der Waals surface area contributed by atoms with Crippen LogP contribution in [0.1, 0.15) is 26.7 Å². The van der Waals surface area contributed by atoms with Crippen LogP contribution >= 0.6 is 15.9 Å². The van der Waals surface area contributed by atoms with Crippen LogP contribution in [0.4, 0.5) is 5.69 Å². The largest absolute Gasteiger partial charge is 0.481 e. The maximum atomic E-state index is 12.8. The molecule has 0 saturated heterocycles. The number of halogens is 1. The van der Waals surface area contributed by atoms with Gasteiger partial charge in [-0.05, 0) is 54.8 Å². The van der Waals surface area contributed by atoms with Crippen molar-refractivity contribution in [2.45, 2.75) is 26.7 Å². The highest BCUT2D eigenvalue weighted by Gasteiger charge is 2.37. The maximum Gasteiger partial charge on any atom is 0.307 e. The van der Waals surface area contributed by atoms with Gasteiger partial charge in [0.05, 0.1) is 16.3 Å². The van der Waals surface area contributed by atoms with E-state index in [9.17, 15) is 14.7 Å². The van der Waals surface area contributed by atoms with Crippen molar-refractivity contribution in [3.8, 4) is 11.3 Å².